The third-order valence-electron chi connectivity index (χ3n) is 2.51. The van der Waals surface area contributed by atoms with E-state index in [0.717, 1.165) is 11.4 Å². The summed E-state index contributed by atoms with van der Waals surface area (Å²) in [5.41, 5.74) is 1.71. The quantitative estimate of drug-likeness (QED) is 0.854. The summed E-state index contributed by atoms with van der Waals surface area (Å²) in [6.07, 6.45) is 1.60. The Bertz CT molecular complexity index is 578. The minimum absolute atomic E-state index is 0.500. The zero-order chi connectivity index (χ0) is 13.8. The van der Waals surface area contributed by atoms with E-state index in [1.807, 2.05) is 19.2 Å². The Balaban J connectivity index is 1.92. The molecule has 2 aromatic rings. The van der Waals surface area contributed by atoms with Crippen molar-refractivity contribution in [2.24, 2.45) is 7.05 Å². The fourth-order valence-electron chi connectivity index (χ4n) is 1.54. The molecule has 2 N–H and O–H groups in total. The molecule has 0 aliphatic heterocycles. The Kier molecular flexibility index (Phi) is 4.63. The molecule has 0 aliphatic carbocycles. The minimum atomic E-state index is 0.500. The lowest BCUT2D eigenvalue weighted by atomic mass is 10.3. The van der Waals surface area contributed by atoms with Crippen LogP contribution in [0, 0.1) is 0 Å². The van der Waals surface area contributed by atoms with Gasteiger partial charge < -0.3 is 10.6 Å². The number of benzene rings is 1. The first-order valence-corrected chi connectivity index (χ1v) is 6.69. The summed E-state index contributed by atoms with van der Waals surface area (Å²) < 4.78 is 1.71. The Labute approximate surface area is 126 Å². The number of halogens is 2. The van der Waals surface area contributed by atoms with Gasteiger partial charge in [-0.1, -0.05) is 29.3 Å². The van der Waals surface area contributed by atoms with Crippen molar-refractivity contribution in [2.45, 2.75) is 6.54 Å². The van der Waals surface area contributed by atoms with Gasteiger partial charge >= 0.3 is 0 Å². The second-order valence-electron chi connectivity index (χ2n) is 3.88. The van der Waals surface area contributed by atoms with Gasteiger partial charge in [-0.25, -0.2) is 0 Å². The molecule has 7 heteroatoms. The lowest BCUT2D eigenvalue weighted by Gasteiger charge is -2.11. The zero-order valence-corrected chi connectivity index (χ0v) is 12.5. The van der Waals surface area contributed by atoms with Gasteiger partial charge in [-0.3, -0.25) is 4.68 Å². The molecule has 100 valence electrons. The molecule has 0 radical (unpaired) electrons. The Morgan fingerprint density at radius 2 is 2.21 bits per heavy atom. The Hall–Kier alpha value is -1.30. The van der Waals surface area contributed by atoms with E-state index < -0.39 is 0 Å². The van der Waals surface area contributed by atoms with Gasteiger partial charge in [0.2, 0.25) is 0 Å². The molecule has 1 aromatic heterocycles. The predicted octanol–water partition coefficient (Wildman–Crippen LogP) is 3.21. The SMILES string of the molecule is Cn1ncc(Cl)c1CNC(=S)Nc1cccc(Cl)c1. The van der Waals surface area contributed by atoms with Crippen molar-refractivity contribution >= 4 is 46.2 Å². The number of hydrogen-bond donors (Lipinski definition) is 2. The number of thiocarbonyl (C=S) groups is 1. The number of rotatable bonds is 3. The Morgan fingerprint density at radius 3 is 2.84 bits per heavy atom. The van der Waals surface area contributed by atoms with E-state index in [4.69, 9.17) is 35.4 Å². The molecule has 0 fully saturated rings. The molecule has 0 atom stereocenters. The molecular weight excluding hydrogens is 303 g/mol. The molecule has 0 bridgehead atoms. The van der Waals surface area contributed by atoms with Crippen LogP contribution < -0.4 is 10.6 Å². The van der Waals surface area contributed by atoms with Crippen LogP contribution in [0.2, 0.25) is 10.0 Å². The normalized spacial score (nSPS) is 10.3. The first-order chi connectivity index (χ1) is 9.06. The van der Waals surface area contributed by atoms with Crippen LogP contribution in [0.15, 0.2) is 30.5 Å². The van der Waals surface area contributed by atoms with Crippen LogP contribution in [0.4, 0.5) is 5.69 Å². The number of nitrogens with zero attached hydrogens (tertiary/aromatic N) is 2. The second kappa shape index (κ2) is 6.23. The first-order valence-electron chi connectivity index (χ1n) is 5.53. The fraction of sp³-hybridized carbons (Fsp3) is 0.167. The molecule has 0 spiro atoms. The van der Waals surface area contributed by atoms with Crippen LogP contribution in [-0.2, 0) is 13.6 Å². The van der Waals surface area contributed by atoms with Gasteiger partial charge in [0.25, 0.3) is 0 Å². The van der Waals surface area contributed by atoms with E-state index in [1.54, 1.807) is 23.0 Å². The summed E-state index contributed by atoms with van der Waals surface area (Å²) in [4.78, 5) is 0. The van der Waals surface area contributed by atoms with E-state index in [-0.39, 0.29) is 0 Å². The molecule has 0 unspecified atom stereocenters. The van der Waals surface area contributed by atoms with E-state index >= 15 is 0 Å². The summed E-state index contributed by atoms with van der Waals surface area (Å²) in [5, 5.41) is 11.9. The van der Waals surface area contributed by atoms with E-state index in [1.165, 1.54) is 0 Å². The molecule has 0 aliphatic rings. The number of nitrogens with one attached hydrogen (secondary N) is 2. The van der Waals surface area contributed by atoms with Crippen LogP contribution in [0.25, 0.3) is 0 Å². The van der Waals surface area contributed by atoms with E-state index in [9.17, 15) is 0 Å². The second-order valence-corrected chi connectivity index (χ2v) is 5.13. The van der Waals surface area contributed by atoms with Crippen LogP contribution >= 0.6 is 35.4 Å². The molecule has 1 aromatic carbocycles. The van der Waals surface area contributed by atoms with Crippen molar-refractivity contribution in [1.82, 2.24) is 15.1 Å². The fourth-order valence-corrected chi connectivity index (χ4v) is 2.15. The van der Waals surface area contributed by atoms with Crippen LogP contribution in [0.3, 0.4) is 0 Å². The van der Waals surface area contributed by atoms with Crippen LogP contribution in [0.5, 0.6) is 0 Å². The van der Waals surface area contributed by atoms with Gasteiger partial charge in [-0.15, -0.1) is 0 Å². The third-order valence-corrected chi connectivity index (χ3v) is 3.31. The van der Waals surface area contributed by atoms with Gasteiger partial charge in [0, 0.05) is 17.8 Å². The van der Waals surface area contributed by atoms with Crippen molar-refractivity contribution in [3.05, 3.63) is 46.2 Å². The highest BCUT2D eigenvalue weighted by molar-refractivity contribution is 7.80. The molecule has 0 saturated carbocycles. The highest BCUT2D eigenvalue weighted by atomic mass is 35.5. The summed E-state index contributed by atoms with van der Waals surface area (Å²) in [7, 11) is 1.83. The predicted molar refractivity (Wildman–Crippen MR) is 82.7 cm³/mol. The van der Waals surface area contributed by atoms with Gasteiger partial charge in [-0.2, -0.15) is 5.10 Å². The van der Waals surface area contributed by atoms with Crippen LogP contribution in [-0.4, -0.2) is 14.9 Å². The minimum Gasteiger partial charge on any atom is -0.357 e. The number of aromatic nitrogens is 2. The largest absolute Gasteiger partial charge is 0.357 e. The topological polar surface area (TPSA) is 41.9 Å². The van der Waals surface area contributed by atoms with Crippen molar-refractivity contribution in [3.63, 3.8) is 0 Å². The molecule has 0 saturated heterocycles. The summed E-state index contributed by atoms with van der Waals surface area (Å²) in [6, 6.07) is 7.34. The maximum atomic E-state index is 6.01. The summed E-state index contributed by atoms with van der Waals surface area (Å²) in [5.74, 6) is 0. The average molecular weight is 315 g/mol. The number of aryl methyl sites for hydroxylation is 1. The van der Waals surface area contributed by atoms with E-state index in [2.05, 4.69) is 15.7 Å². The molecule has 1 heterocycles. The molecular formula is C12H12Cl2N4S. The Morgan fingerprint density at radius 1 is 1.42 bits per heavy atom. The third kappa shape index (κ3) is 3.83. The number of anilines is 1. The van der Waals surface area contributed by atoms with Gasteiger partial charge in [0.1, 0.15) is 0 Å². The molecule has 0 amide bonds. The lowest BCUT2D eigenvalue weighted by molar-refractivity contribution is 0.695. The van der Waals surface area contributed by atoms with Gasteiger partial charge in [0.05, 0.1) is 23.5 Å². The van der Waals surface area contributed by atoms with Gasteiger partial charge in [-0.05, 0) is 30.4 Å². The maximum absolute atomic E-state index is 6.01. The molecule has 4 nitrogen and oxygen atoms in total. The van der Waals surface area contributed by atoms with Gasteiger partial charge in [0.15, 0.2) is 5.11 Å². The highest BCUT2D eigenvalue weighted by Crippen LogP contribution is 2.15. The zero-order valence-electron chi connectivity index (χ0n) is 10.2. The summed E-state index contributed by atoms with van der Waals surface area (Å²) in [6.45, 7) is 0.502. The standard InChI is InChI=1S/C12H12Cl2N4S/c1-18-11(10(14)6-16-18)7-15-12(19)17-9-4-2-3-8(13)5-9/h2-6H,7H2,1H3,(H2,15,17,19). The van der Waals surface area contributed by atoms with Crippen molar-refractivity contribution in [2.75, 3.05) is 5.32 Å². The molecule has 19 heavy (non-hydrogen) atoms. The highest BCUT2D eigenvalue weighted by Gasteiger charge is 2.06. The monoisotopic (exact) mass is 314 g/mol. The number of hydrogen-bond acceptors (Lipinski definition) is 2. The smallest absolute Gasteiger partial charge is 0.171 e. The van der Waals surface area contributed by atoms with Crippen LogP contribution in [0.1, 0.15) is 5.69 Å². The van der Waals surface area contributed by atoms with Crippen molar-refractivity contribution < 1.29 is 0 Å². The lowest BCUT2D eigenvalue weighted by Crippen LogP contribution is -2.28. The van der Waals surface area contributed by atoms with Crippen molar-refractivity contribution in [1.29, 1.82) is 0 Å². The maximum Gasteiger partial charge on any atom is 0.171 e. The first kappa shape index (κ1) is 14.1. The summed E-state index contributed by atoms with van der Waals surface area (Å²) >= 11 is 17.1. The van der Waals surface area contributed by atoms with Crippen molar-refractivity contribution in [3.8, 4) is 0 Å². The average Bonchev–Trinajstić information content (AvgIpc) is 2.67. The van der Waals surface area contributed by atoms with E-state index in [0.29, 0.717) is 21.7 Å². The molecule has 2 rings (SSSR count).